The minimum atomic E-state index is -0.354. The molecule has 3 aromatic rings. The summed E-state index contributed by atoms with van der Waals surface area (Å²) in [4.78, 5) is 12.6. The lowest BCUT2D eigenvalue weighted by molar-refractivity contribution is 0.0976. The van der Waals surface area contributed by atoms with E-state index in [9.17, 15) is 9.18 Å². The zero-order chi connectivity index (χ0) is 17.6. The largest absolute Gasteiger partial charge is 0.378 e. The first-order valence-corrected chi connectivity index (χ1v) is 8.35. The van der Waals surface area contributed by atoms with Crippen molar-refractivity contribution in [1.82, 2.24) is 0 Å². The van der Waals surface area contributed by atoms with Crippen molar-refractivity contribution in [3.8, 4) is 0 Å². The van der Waals surface area contributed by atoms with Crippen molar-refractivity contribution in [2.45, 2.75) is 12.5 Å². The lowest BCUT2D eigenvalue weighted by atomic mass is 9.97. The molecule has 0 radical (unpaired) electrons. The smallest absolute Gasteiger partial charge is 0.165 e. The van der Waals surface area contributed by atoms with Gasteiger partial charge < -0.3 is 5.32 Å². The maximum absolute atomic E-state index is 13.1. The van der Waals surface area contributed by atoms with Crippen LogP contribution in [0.4, 0.5) is 10.1 Å². The van der Waals surface area contributed by atoms with Gasteiger partial charge in [0, 0.05) is 22.7 Å². The predicted octanol–water partition coefficient (Wildman–Crippen LogP) is 5.91. The van der Waals surface area contributed by atoms with E-state index < -0.39 is 0 Å². The molecule has 2 nitrogen and oxygen atoms in total. The van der Waals surface area contributed by atoms with Crippen LogP contribution in [0.5, 0.6) is 0 Å². The number of hydrogen-bond acceptors (Lipinski definition) is 2. The number of anilines is 1. The van der Waals surface area contributed by atoms with Gasteiger partial charge in [-0.1, -0.05) is 48.0 Å². The molecule has 0 amide bonds. The van der Waals surface area contributed by atoms with Gasteiger partial charge in [0.1, 0.15) is 5.82 Å². The van der Waals surface area contributed by atoms with Crippen LogP contribution in [-0.4, -0.2) is 5.78 Å². The fourth-order valence-corrected chi connectivity index (χ4v) is 2.85. The van der Waals surface area contributed by atoms with Crippen LogP contribution in [0.15, 0.2) is 78.9 Å². The van der Waals surface area contributed by atoms with Crippen LogP contribution in [0, 0.1) is 5.82 Å². The molecule has 0 saturated heterocycles. The van der Waals surface area contributed by atoms with E-state index in [-0.39, 0.29) is 24.1 Å². The average Bonchev–Trinajstić information content (AvgIpc) is 2.62. The normalized spacial score (nSPS) is 11.8. The van der Waals surface area contributed by atoms with Crippen molar-refractivity contribution in [1.29, 1.82) is 0 Å². The highest BCUT2D eigenvalue weighted by molar-refractivity contribution is 6.30. The third-order valence-corrected chi connectivity index (χ3v) is 4.16. The monoisotopic (exact) mass is 353 g/mol. The molecule has 4 heteroatoms. The number of hydrogen-bond donors (Lipinski definition) is 1. The third-order valence-electron chi connectivity index (χ3n) is 3.92. The first kappa shape index (κ1) is 17.2. The summed E-state index contributed by atoms with van der Waals surface area (Å²) in [5.41, 5.74) is 2.33. The van der Waals surface area contributed by atoms with Gasteiger partial charge in [0.25, 0.3) is 0 Å². The lowest BCUT2D eigenvalue weighted by Crippen LogP contribution is -2.15. The molecule has 126 valence electrons. The molecule has 0 bridgehead atoms. The van der Waals surface area contributed by atoms with Gasteiger partial charge in [-0.05, 0) is 48.0 Å². The van der Waals surface area contributed by atoms with E-state index >= 15 is 0 Å². The van der Waals surface area contributed by atoms with Crippen molar-refractivity contribution < 1.29 is 9.18 Å². The van der Waals surface area contributed by atoms with E-state index in [4.69, 9.17) is 11.6 Å². The second-order valence-electron chi connectivity index (χ2n) is 5.75. The Hall–Kier alpha value is -2.65. The number of halogens is 2. The molecule has 0 spiro atoms. The van der Waals surface area contributed by atoms with Crippen LogP contribution in [0.25, 0.3) is 0 Å². The van der Waals surface area contributed by atoms with E-state index in [1.54, 1.807) is 6.07 Å². The fraction of sp³-hybridized carbons (Fsp3) is 0.0952. The van der Waals surface area contributed by atoms with Crippen molar-refractivity contribution >= 4 is 23.1 Å². The third kappa shape index (κ3) is 4.68. The zero-order valence-corrected chi connectivity index (χ0v) is 14.2. The van der Waals surface area contributed by atoms with Gasteiger partial charge in [0.05, 0.1) is 6.04 Å². The lowest BCUT2D eigenvalue weighted by Gasteiger charge is -2.20. The molecule has 0 aliphatic rings. The molecule has 25 heavy (non-hydrogen) atoms. The molecule has 0 aromatic heterocycles. The maximum Gasteiger partial charge on any atom is 0.165 e. The number of carbonyl (C=O) groups is 1. The molecule has 0 aliphatic heterocycles. The Bertz CT molecular complexity index is 849. The summed E-state index contributed by atoms with van der Waals surface area (Å²) in [5, 5.41) is 4.00. The highest BCUT2D eigenvalue weighted by Crippen LogP contribution is 2.26. The topological polar surface area (TPSA) is 29.1 Å². The van der Waals surface area contributed by atoms with Gasteiger partial charge in [-0.15, -0.1) is 0 Å². The molecule has 0 heterocycles. The van der Waals surface area contributed by atoms with Gasteiger partial charge in [-0.3, -0.25) is 4.79 Å². The number of Topliss-reactive ketones (excluding diaryl/α,β-unsaturated/α-hetero) is 1. The maximum atomic E-state index is 13.1. The average molecular weight is 354 g/mol. The van der Waals surface area contributed by atoms with Gasteiger partial charge in [-0.2, -0.15) is 0 Å². The summed E-state index contributed by atoms with van der Waals surface area (Å²) in [5.74, 6) is -0.406. The first-order valence-electron chi connectivity index (χ1n) is 7.97. The Balaban J connectivity index is 1.83. The predicted molar refractivity (Wildman–Crippen MR) is 99.6 cm³/mol. The molecular formula is C21H17ClFNO. The van der Waals surface area contributed by atoms with Crippen LogP contribution in [0.1, 0.15) is 28.4 Å². The Morgan fingerprint density at radius 3 is 2.36 bits per heavy atom. The summed E-state index contributed by atoms with van der Waals surface area (Å²) >= 11 is 6.05. The summed E-state index contributed by atoms with van der Waals surface area (Å²) in [6, 6.07) is 22.5. The van der Waals surface area contributed by atoms with Crippen molar-refractivity contribution in [3.05, 3.63) is 101 Å². The van der Waals surface area contributed by atoms with E-state index in [2.05, 4.69) is 5.32 Å². The van der Waals surface area contributed by atoms with E-state index in [0.717, 1.165) is 11.3 Å². The minimum absolute atomic E-state index is 0.0524. The highest BCUT2D eigenvalue weighted by Gasteiger charge is 2.17. The number of rotatable bonds is 6. The molecular weight excluding hydrogens is 337 g/mol. The minimum Gasteiger partial charge on any atom is -0.378 e. The first-order chi connectivity index (χ1) is 12.1. The molecule has 0 saturated carbocycles. The van der Waals surface area contributed by atoms with Crippen LogP contribution in [0.3, 0.4) is 0 Å². The SMILES string of the molecule is O=C(C[C@@H](Nc1cccc(Cl)c1)c1ccccc1)c1ccc(F)cc1. The summed E-state index contributed by atoms with van der Waals surface area (Å²) in [6.45, 7) is 0. The van der Waals surface area contributed by atoms with E-state index in [0.29, 0.717) is 10.6 Å². The quantitative estimate of drug-likeness (QED) is 0.558. The molecule has 1 atom stereocenters. The van der Waals surface area contributed by atoms with Crippen molar-refractivity contribution in [2.75, 3.05) is 5.32 Å². The molecule has 0 fully saturated rings. The molecule has 1 N–H and O–H groups in total. The zero-order valence-electron chi connectivity index (χ0n) is 13.5. The Morgan fingerprint density at radius 1 is 0.960 bits per heavy atom. The Morgan fingerprint density at radius 2 is 1.68 bits per heavy atom. The van der Waals surface area contributed by atoms with Crippen molar-refractivity contribution in [3.63, 3.8) is 0 Å². The van der Waals surface area contributed by atoms with Crippen LogP contribution >= 0.6 is 11.6 Å². The van der Waals surface area contributed by atoms with Crippen molar-refractivity contribution in [2.24, 2.45) is 0 Å². The summed E-state index contributed by atoms with van der Waals surface area (Å²) in [6.07, 6.45) is 0.252. The standard InChI is InChI=1S/C21H17ClFNO/c22-17-7-4-8-19(13-17)24-20(15-5-2-1-3-6-15)14-21(25)16-9-11-18(23)12-10-16/h1-13,20,24H,14H2/t20-/m1/s1. The second-order valence-corrected chi connectivity index (χ2v) is 6.19. The Kier molecular flexibility index (Phi) is 5.46. The number of ketones is 1. The van der Waals surface area contributed by atoms with Crippen LogP contribution in [-0.2, 0) is 0 Å². The van der Waals surface area contributed by atoms with Gasteiger partial charge in [0.2, 0.25) is 0 Å². The van der Waals surface area contributed by atoms with Crippen LogP contribution in [0.2, 0.25) is 5.02 Å². The number of nitrogens with one attached hydrogen (secondary N) is 1. The number of benzene rings is 3. The fourth-order valence-electron chi connectivity index (χ4n) is 2.66. The summed E-state index contributed by atoms with van der Waals surface area (Å²) in [7, 11) is 0. The van der Waals surface area contributed by atoms with Crippen LogP contribution < -0.4 is 5.32 Å². The summed E-state index contributed by atoms with van der Waals surface area (Å²) < 4.78 is 13.1. The van der Waals surface area contributed by atoms with Gasteiger partial charge >= 0.3 is 0 Å². The molecule has 3 aromatic carbocycles. The Labute approximate surface area is 151 Å². The highest BCUT2D eigenvalue weighted by atomic mass is 35.5. The molecule has 0 unspecified atom stereocenters. The van der Waals surface area contributed by atoms with Gasteiger partial charge in [0.15, 0.2) is 5.78 Å². The molecule has 3 rings (SSSR count). The number of carbonyl (C=O) groups excluding carboxylic acids is 1. The molecule has 0 aliphatic carbocycles. The van der Waals surface area contributed by atoms with E-state index in [1.165, 1.54) is 24.3 Å². The second kappa shape index (κ2) is 7.95. The van der Waals surface area contributed by atoms with E-state index in [1.807, 2.05) is 48.5 Å². The van der Waals surface area contributed by atoms with Gasteiger partial charge in [-0.25, -0.2) is 4.39 Å².